The molecule has 0 saturated carbocycles. The fraction of sp³-hybridized carbons (Fsp3) is 0.188. The molecule has 116 valence electrons. The summed E-state index contributed by atoms with van der Waals surface area (Å²) in [6, 6.07) is 12.3. The predicted octanol–water partition coefficient (Wildman–Crippen LogP) is 3.66. The Morgan fingerprint density at radius 3 is 2.82 bits per heavy atom. The maximum atomic E-state index is 13.3. The van der Waals surface area contributed by atoms with Crippen LogP contribution in [0.5, 0.6) is 0 Å². The number of halogens is 2. The molecule has 0 aliphatic heterocycles. The second kappa shape index (κ2) is 7.91. The standard InChI is InChI=1S/C16H17BrFN3O/c1-22-10-12-4-2-3-5-15(12)21-16(19)20-9-11-6-13(17)8-14(18)7-11/h2-8H,9-10H2,1H3,(H3,19,20,21). The van der Waals surface area contributed by atoms with Crippen molar-refractivity contribution >= 4 is 27.6 Å². The van der Waals surface area contributed by atoms with E-state index in [1.807, 2.05) is 24.3 Å². The topological polar surface area (TPSA) is 59.6 Å². The van der Waals surface area contributed by atoms with Gasteiger partial charge in [-0.05, 0) is 29.8 Å². The van der Waals surface area contributed by atoms with Gasteiger partial charge in [0.15, 0.2) is 5.96 Å². The highest BCUT2D eigenvalue weighted by Crippen LogP contribution is 2.17. The Hall–Kier alpha value is -1.92. The summed E-state index contributed by atoms with van der Waals surface area (Å²) in [6.45, 7) is 0.773. The van der Waals surface area contributed by atoms with Gasteiger partial charge in [0, 0.05) is 22.8 Å². The fourth-order valence-corrected chi connectivity index (χ4v) is 2.49. The highest BCUT2D eigenvalue weighted by Gasteiger charge is 2.03. The summed E-state index contributed by atoms with van der Waals surface area (Å²) >= 11 is 3.25. The van der Waals surface area contributed by atoms with Gasteiger partial charge < -0.3 is 15.8 Å². The second-order valence-electron chi connectivity index (χ2n) is 4.69. The summed E-state index contributed by atoms with van der Waals surface area (Å²) in [5, 5.41) is 3.04. The van der Waals surface area contributed by atoms with E-state index in [2.05, 4.69) is 26.2 Å². The molecule has 2 rings (SSSR count). The van der Waals surface area contributed by atoms with Gasteiger partial charge in [-0.15, -0.1) is 0 Å². The lowest BCUT2D eigenvalue weighted by Crippen LogP contribution is -2.23. The van der Waals surface area contributed by atoms with E-state index in [9.17, 15) is 4.39 Å². The number of para-hydroxylation sites is 1. The molecule has 4 nitrogen and oxygen atoms in total. The Bertz CT molecular complexity index is 656. The number of rotatable bonds is 5. The third kappa shape index (κ3) is 4.82. The van der Waals surface area contributed by atoms with Gasteiger partial charge in [0.05, 0.1) is 13.2 Å². The van der Waals surface area contributed by atoms with Crippen LogP contribution in [0.25, 0.3) is 0 Å². The average Bonchev–Trinajstić information content (AvgIpc) is 2.46. The molecule has 2 aromatic carbocycles. The number of nitrogens with zero attached hydrogens (tertiary/aromatic N) is 1. The number of benzene rings is 2. The van der Waals surface area contributed by atoms with Crippen LogP contribution in [-0.2, 0) is 17.9 Å². The van der Waals surface area contributed by atoms with Crippen molar-refractivity contribution in [3.8, 4) is 0 Å². The van der Waals surface area contributed by atoms with E-state index in [4.69, 9.17) is 10.5 Å². The molecule has 22 heavy (non-hydrogen) atoms. The van der Waals surface area contributed by atoms with Gasteiger partial charge in [0.2, 0.25) is 0 Å². The first kappa shape index (κ1) is 16.5. The van der Waals surface area contributed by atoms with E-state index < -0.39 is 0 Å². The Morgan fingerprint density at radius 2 is 2.09 bits per heavy atom. The van der Waals surface area contributed by atoms with Crippen molar-refractivity contribution in [2.24, 2.45) is 10.7 Å². The smallest absolute Gasteiger partial charge is 0.193 e. The minimum Gasteiger partial charge on any atom is -0.380 e. The molecule has 0 fully saturated rings. The molecule has 0 atom stereocenters. The SMILES string of the molecule is COCc1ccccc1NC(N)=NCc1cc(F)cc(Br)c1. The highest BCUT2D eigenvalue weighted by atomic mass is 79.9. The zero-order valence-electron chi connectivity index (χ0n) is 12.1. The van der Waals surface area contributed by atoms with Crippen molar-refractivity contribution in [1.29, 1.82) is 0 Å². The quantitative estimate of drug-likeness (QED) is 0.627. The third-order valence-corrected chi connectivity index (χ3v) is 3.39. The van der Waals surface area contributed by atoms with Crippen molar-refractivity contribution in [2.75, 3.05) is 12.4 Å². The van der Waals surface area contributed by atoms with Gasteiger partial charge in [0.1, 0.15) is 5.82 Å². The monoisotopic (exact) mass is 365 g/mol. The van der Waals surface area contributed by atoms with Crippen LogP contribution in [-0.4, -0.2) is 13.1 Å². The molecular formula is C16H17BrFN3O. The molecule has 0 heterocycles. The molecule has 0 amide bonds. The van der Waals surface area contributed by atoms with Crippen molar-refractivity contribution < 1.29 is 9.13 Å². The zero-order valence-corrected chi connectivity index (χ0v) is 13.7. The molecule has 0 radical (unpaired) electrons. The van der Waals surface area contributed by atoms with Crippen molar-refractivity contribution in [2.45, 2.75) is 13.2 Å². The summed E-state index contributed by atoms with van der Waals surface area (Å²) in [7, 11) is 1.63. The van der Waals surface area contributed by atoms with Crippen LogP contribution in [0.3, 0.4) is 0 Å². The number of anilines is 1. The number of methoxy groups -OCH3 is 1. The maximum absolute atomic E-state index is 13.3. The van der Waals surface area contributed by atoms with Crippen LogP contribution >= 0.6 is 15.9 Å². The van der Waals surface area contributed by atoms with Crippen molar-refractivity contribution in [3.63, 3.8) is 0 Å². The third-order valence-electron chi connectivity index (χ3n) is 2.93. The first-order valence-electron chi connectivity index (χ1n) is 6.67. The van der Waals surface area contributed by atoms with E-state index in [1.165, 1.54) is 12.1 Å². The molecule has 0 aliphatic carbocycles. The normalized spacial score (nSPS) is 11.5. The number of aliphatic imine (C=N–C) groups is 1. The fourth-order valence-electron chi connectivity index (χ4n) is 1.98. The molecule has 0 bridgehead atoms. The molecular weight excluding hydrogens is 349 g/mol. The minimum absolute atomic E-state index is 0.268. The average molecular weight is 366 g/mol. The van der Waals surface area contributed by atoms with Crippen LogP contribution in [0.1, 0.15) is 11.1 Å². The van der Waals surface area contributed by atoms with E-state index in [0.717, 1.165) is 16.8 Å². The molecule has 3 N–H and O–H groups in total. The largest absolute Gasteiger partial charge is 0.380 e. The van der Waals surface area contributed by atoms with Gasteiger partial charge in [-0.3, -0.25) is 0 Å². The summed E-state index contributed by atoms with van der Waals surface area (Å²) in [5.41, 5.74) is 8.45. The van der Waals surface area contributed by atoms with E-state index in [-0.39, 0.29) is 11.8 Å². The molecule has 0 saturated heterocycles. The molecule has 2 aromatic rings. The summed E-state index contributed by atoms with van der Waals surface area (Å²) in [4.78, 5) is 4.23. The van der Waals surface area contributed by atoms with E-state index >= 15 is 0 Å². The maximum Gasteiger partial charge on any atom is 0.193 e. The number of ether oxygens (including phenoxy) is 1. The van der Waals surface area contributed by atoms with Crippen LogP contribution in [0, 0.1) is 5.82 Å². The van der Waals surface area contributed by atoms with E-state index in [1.54, 1.807) is 13.2 Å². The summed E-state index contributed by atoms with van der Waals surface area (Å²) < 4.78 is 19.1. The van der Waals surface area contributed by atoms with Crippen molar-refractivity contribution in [3.05, 3.63) is 63.9 Å². The Balaban J connectivity index is 2.07. The summed E-state index contributed by atoms with van der Waals surface area (Å²) in [6.07, 6.45) is 0. The number of nitrogens with one attached hydrogen (secondary N) is 1. The van der Waals surface area contributed by atoms with Crippen LogP contribution in [0.4, 0.5) is 10.1 Å². The number of guanidine groups is 1. The van der Waals surface area contributed by atoms with Crippen molar-refractivity contribution in [1.82, 2.24) is 0 Å². The number of hydrogen-bond donors (Lipinski definition) is 2. The Kier molecular flexibility index (Phi) is 5.91. The minimum atomic E-state index is -0.309. The molecule has 0 aliphatic rings. The van der Waals surface area contributed by atoms with Gasteiger partial charge in [-0.25, -0.2) is 9.38 Å². The summed E-state index contributed by atoms with van der Waals surface area (Å²) in [5.74, 6) is -0.0412. The lowest BCUT2D eigenvalue weighted by Gasteiger charge is -2.11. The molecule has 0 unspecified atom stereocenters. The van der Waals surface area contributed by atoms with E-state index in [0.29, 0.717) is 17.6 Å². The lowest BCUT2D eigenvalue weighted by atomic mass is 10.2. The van der Waals surface area contributed by atoms with Crippen LogP contribution < -0.4 is 11.1 Å². The molecule has 0 aromatic heterocycles. The van der Waals surface area contributed by atoms with Crippen LogP contribution in [0.15, 0.2) is 51.9 Å². The van der Waals surface area contributed by atoms with Gasteiger partial charge in [-0.1, -0.05) is 34.1 Å². The number of hydrogen-bond acceptors (Lipinski definition) is 2. The molecule has 0 spiro atoms. The van der Waals surface area contributed by atoms with Gasteiger partial charge >= 0.3 is 0 Å². The molecule has 6 heteroatoms. The first-order chi connectivity index (χ1) is 10.6. The zero-order chi connectivity index (χ0) is 15.9. The second-order valence-corrected chi connectivity index (χ2v) is 5.61. The Morgan fingerprint density at radius 1 is 1.32 bits per heavy atom. The Labute approximate surface area is 137 Å². The lowest BCUT2D eigenvalue weighted by molar-refractivity contribution is 0.185. The van der Waals surface area contributed by atoms with Gasteiger partial charge in [-0.2, -0.15) is 0 Å². The first-order valence-corrected chi connectivity index (χ1v) is 7.46. The van der Waals surface area contributed by atoms with Crippen LogP contribution in [0.2, 0.25) is 0 Å². The predicted molar refractivity (Wildman–Crippen MR) is 90.2 cm³/mol. The van der Waals surface area contributed by atoms with Gasteiger partial charge in [0.25, 0.3) is 0 Å². The highest BCUT2D eigenvalue weighted by molar-refractivity contribution is 9.10. The number of nitrogens with two attached hydrogens (primary N) is 1.